The number of halogens is 1. The van der Waals surface area contributed by atoms with Gasteiger partial charge < -0.3 is 10.6 Å². The van der Waals surface area contributed by atoms with E-state index in [1.54, 1.807) is 0 Å². The topological polar surface area (TPSA) is 66.1 Å². The second-order valence-electron chi connectivity index (χ2n) is 8.72. The van der Waals surface area contributed by atoms with Crippen molar-refractivity contribution < 1.29 is 14.5 Å². The lowest BCUT2D eigenvalue weighted by Gasteiger charge is -2.57. The predicted octanol–water partition coefficient (Wildman–Crippen LogP) is 3.76. The number of hydrogen-bond acceptors (Lipinski definition) is 5. The first-order valence-corrected chi connectivity index (χ1v) is 9.50. The van der Waals surface area contributed by atoms with Crippen molar-refractivity contribution in [1.82, 2.24) is 0 Å². The van der Waals surface area contributed by atoms with E-state index >= 15 is 0 Å². The van der Waals surface area contributed by atoms with Gasteiger partial charge in [0.2, 0.25) is 11.6 Å². The summed E-state index contributed by atoms with van der Waals surface area (Å²) in [6.07, 6.45) is 13.4. The number of hydrazone groups is 1. The molecule has 1 aliphatic heterocycles. The van der Waals surface area contributed by atoms with Crippen molar-refractivity contribution in [2.45, 2.75) is 75.8 Å². The summed E-state index contributed by atoms with van der Waals surface area (Å²) in [5, 5.41) is 3.62. The van der Waals surface area contributed by atoms with Crippen LogP contribution < -0.4 is 5.84 Å². The van der Waals surface area contributed by atoms with E-state index in [1.807, 2.05) is 6.21 Å². The Morgan fingerprint density at radius 2 is 1.58 bits per heavy atom. The Balaban J connectivity index is 0.00000146. The van der Waals surface area contributed by atoms with E-state index in [-0.39, 0.29) is 12.4 Å². The molecule has 4 bridgehead atoms. The van der Waals surface area contributed by atoms with Gasteiger partial charge in [-0.3, -0.25) is 0 Å². The first-order chi connectivity index (χ1) is 11.2. The van der Waals surface area contributed by atoms with Crippen LogP contribution in [-0.4, -0.2) is 17.8 Å². The smallest absolute Gasteiger partial charge is 0.210 e. The molecule has 0 atom stereocenters. The highest BCUT2D eigenvalue weighted by molar-refractivity contribution is 5.85. The van der Waals surface area contributed by atoms with Gasteiger partial charge >= 0.3 is 0 Å². The molecule has 6 aliphatic rings. The van der Waals surface area contributed by atoms with Crippen LogP contribution in [0.4, 0.5) is 0 Å². The lowest BCUT2D eigenvalue weighted by Crippen LogP contribution is -2.59. The molecule has 2 spiro atoms. The summed E-state index contributed by atoms with van der Waals surface area (Å²) in [7, 11) is 0. The molecule has 5 nitrogen and oxygen atoms in total. The summed E-state index contributed by atoms with van der Waals surface area (Å²) in [5.74, 6) is 7.91. The van der Waals surface area contributed by atoms with Gasteiger partial charge in [0.05, 0.1) is 0 Å². The standard InChI is InChI=1S/C18H28N2O3.ClH/c19-20-6-3-12-1-4-17(5-2-12)21-18(23-22-17)15-8-13-7-14(10-15)11-16(18)9-13;/h6,12-16H,1-5,7-11,19H2;1H/b20-6+;. The highest BCUT2D eigenvalue weighted by atomic mass is 35.5. The maximum Gasteiger partial charge on any atom is 0.210 e. The predicted molar refractivity (Wildman–Crippen MR) is 92.3 cm³/mol. The zero-order valence-corrected chi connectivity index (χ0v) is 15.0. The lowest BCUT2D eigenvalue weighted by molar-refractivity contribution is -0.390. The Labute approximate surface area is 150 Å². The highest BCUT2D eigenvalue weighted by Gasteiger charge is 2.66. The van der Waals surface area contributed by atoms with Crippen LogP contribution in [0.2, 0.25) is 0 Å². The van der Waals surface area contributed by atoms with Crippen molar-refractivity contribution in [2.24, 2.45) is 40.5 Å². The summed E-state index contributed by atoms with van der Waals surface area (Å²) in [6, 6.07) is 0. The van der Waals surface area contributed by atoms with Crippen LogP contribution in [0, 0.1) is 29.6 Å². The van der Waals surface area contributed by atoms with Crippen LogP contribution >= 0.6 is 12.4 Å². The molecule has 5 saturated carbocycles. The van der Waals surface area contributed by atoms with Crippen LogP contribution in [0.3, 0.4) is 0 Å². The van der Waals surface area contributed by atoms with Crippen molar-refractivity contribution in [2.75, 3.05) is 0 Å². The molecule has 1 saturated heterocycles. The summed E-state index contributed by atoms with van der Waals surface area (Å²) in [6.45, 7) is 0. The fourth-order valence-corrected chi connectivity index (χ4v) is 6.36. The quantitative estimate of drug-likeness (QED) is 0.354. The van der Waals surface area contributed by atoms with Crippen molar-refractivity contribution in [3.63, 3.8) is 0 Å². The number of hydrogen-bond donors (Lipinski definition) is 1. The van der Waals surface area contributed by atoms with Gasteiger partial charge in [0.1, 0.15) is 0 Å². The summed E-state index contributed by atoms with van der Waals surface area (Å²) in [4.78, 5) is 12.0. The minimum absolute atomic E-state index is 0. The molecule has 1 heterocycles. The molecule has 0 aromatic heterocycles. The maximum absolute atomic E-state index is 6.70. The molecule has 6 rings (SSSR count). The Morgan fingerprint density at radius 3 is 2.17 bits per heavy atom. The minimum Gasteiger partial charge on any atom is -0.324 e. The van der Waals surface area contributed by atoms with E-state index in [0.717, 1.165) is 43.9 Å². The van der Waals surface area contributed by atoms with Crippen LogP contribution in [0.1, 0.15) is 64.2 Å². The molecule has 24 heavy (non-hydrogen) atoms. The monoisotopic (exact) mass is 356 g/mol. The van der Waals surface area contributed by atoms with Crippen molar-refractivity contribution in [3.05, 3.63) is 0 Å². The third-order valence-electron chi connectivity index (χ3n) is 7.36. The van der Waals surface area contributed by atoms with E-state index < -0.39 is 11.6 Å². The summed E-state index contributed by atoms with van der Waals surface area (Å²) >= 11 is 0. The number of rotatable bonds is 2. The van der Waals surface area contributed by atoms with Crippen LogP contribution in [0.5, 0.6) is 0 Å². The lowest BCUT2D eigenvalue weighted by atomic mass is 9.53. The third-order valence-corrected chi connectivity index (χ3v) is 7.36. The third kappa shape index (κ3) is 2.51. The zero-order chi connectivity index (χ0) is 15.5. The number of nitrogens with two attached hydrogens (primary N) is 1. The first kappa shape index (κ1) is 17.1. The molecule has 0 aromatic carbocycles. The second-order valence-corrected chi connectivity index (χ2v) is 8.72. The molecular formula is C18H29ClN2O3. The molecule has 6 heteroatoms. The van der Waals surface area contributed by atoms with E-state index in [9.17, 15) is 0 Å². The SMILES string of the molecule is Cl.N/N=C/CC1CCC2(CC1)OOC1(O2)C2CC3CC(C2)CC1C3. The molecule has 0 unspecified atom stereocenters. The van der Waals surface area contributed by atoms with Crippen LogP contribution in [0.15, 0.2) is 5.10 Å². The van der Waals surface area contributed by atoms with Gasteiger partial charge in [0.15, 0.2) is 0 Å². The Hall–Kier alpha value is -0.360. The summed E-state index contributed by atoms with van der Waals surface area (Å²) < 4.78 is 6.70. The van der Waals surface area contributed by atoms with Gasteiger partial charge in [0.25, 0.3) is 0 Å². The fraction of sp³-hybridized carbons (Fsp3) is 0.944. The van der Waals surface area contributed by atoms with Gasteiger partial charge in [-0.05, 0) is 69.1 Å². The van der Waals surface area contributed by atoms with Gasteiger partial charge in [-0.15, -0.1) is 12.4 Å². The molecule has 6 fully saturated rings. The Morgan fingerprint density at radius 1 is 0.958 bits per heavy atom. The minimum atomic E-state index is -0.480. The van der Waals surface area contributed by atoms with Gasteiger partial charge in [-0.2, -0.15) is 14.9 Å². The molecule has 136 valence electrons. The number of nitrogens with zero attached hydrogens (tertiary/aromatic N) is 1. The Bertz CT molecular complexity index is 476. The van der Waals surface area contributed by atoms with Crippen LogP contribution in [0.25, 0.3) is 0 Å². The maximum atomic E-state index is 6.70. The van der Waals surface area contributed by atoms with Crippen molar-refractivity contribution in [1.29, 1.82) is 0 Å². The van der Waals surface area contributed by atoms with Gasteiger partial charge in [0, 0.05) is 30.9 Å². The van der Waals surface area contributed by atoms with E-state index in [4.69, 9.17) is 20.4 Å². The first-order valence-electron chi connectivity index (χ1n) is 9.50. The largest absolute Gasteiger partial charge is 0.324 e. The van der Waals surface area contributed by atoms with E-state index in [2.05, 4.69) is 5.10 Å². The van der Waals surface area contributed by atoms with Crippen molar-refractivity contribution in [3.8, 4) is 0 Å². The molecule has 0 amide bonds. The summed E-state index contributed by atoms with van der Waals surface area (Å²) in [5.41, 5.74) is 0. The van der Waals surface area contributed by atoms with Gasteiger partial charge in [-0.25, -0.2) is 0 Å². The number of ether oxygens (including phenoxy) is 1. The van der Waals surface area contributed by atoms with E-state index in [0.29, 0.717) is 17.8 Å². The second kappa shape index (κ2) is 6.11. The molecule has 5 aliphatic carbocycles. The normalized spacial score (nSPS) is 52.4. The van der Waals surface area contributed by atoms with Crippen LogP contribution in [-0.2, 0) is 14.5 Å². The Kier molecular flexibility index (Phi) is 4.35. The zero-order valence-electron chi connectivity index (χ0n) is 14.2. The van der Waals surface area contributed by atoms with Crippen molar-refractivity contribution >= 4 is 18.6 Å². The average Bonchev–Trinajstić information content (AvgIpc) is 2.92. The molecule has 0 radical (unpaired) electrons. The molecule has 0 aromatic rings. The molecule has 2 N–H and O–H groups in total. The fourth-order valence-electron chi connectivity index (χ4n) is 6.36. The average molecular weight is 357 g/mol. The highest BCUT2D eigenvalue weighted by Crippen LogP contribution is 2.63. The van der Waals surface area contributed by atoms with E-state index in [1.165, 1.54) is 32.1 Å². The molecular weight excluding hydrogens is 328 g/mol. The van der Waals surface area contributed by atoms with Gasteiger partial charge in [-0.1, -0.05) is 0 Å².